The summed E-state index contributed by atoms with van der Waals surface area (Å²) in [6.45, 7) is 1.25. The van der Waals surface area contributed by atoms with Gasteiger partial charge in [-0.1, -0.05) is 30.3 Å². The van der Waals surface area contributed by atoms with Crippen LogP contribution in [0.1, 0.15) is 16.8 Å². The Kier molecular flexibility index (Phi) is 5.77. The first-order chi connectivity index (χ1) is 15.0. The lowest BCUT2D eigenvalue weighted by Crippen LogP contribution is -2.55. The Bertz CT molecular complexity index is 1040. The van der Waals surface area contributed by atoms with Crippen LogP contribution in [0.2, 0.25) is 5.28 Å². The number of halogens is 1. The molecule has 10 nitrogen and oxygen atoms in total. The molecule has 1 saturated heterocycles. The fraction of sp³-hybridized carbons (Fsp3) is 0.350. The molecule has 2 amide bonds. The number of benzene rings is 1. The molecule has 2 aliphatic heterocycles. The number of ether oxygens (including phenoxy) is 1. The molecule has 2 aromatic rings. The first-order valence-corrected chi connectivity index (χ1v) is 9.99. The number of carbonyl (C=O) groups excluding carboxylic acids is 1. The summed E-state index contributed by atoms with van der Waals surface area (Å²) < 4.78 is 5.37. The molecule has 31 heavy (non-hydrogen) atoms. The largest absolute Gasteiger partial charge is 0.465 e. The maximum Gasteiger partial charge on any atom is 0.411 e. The van der Waals surface area contributed by atoms with Crippen LogP contribution in [0.4, 0.5) is 15.4 Å². The van der Waals surface area contributed by atoms with Gasteiger partial charge >= 0.3 is 12.2 Å². The Morgan fingerprint density at radius 2 is 2.00 bits per heavy atom. The standard InChI is InChI=1S/C20H19ClN6O4/c21-18-23-16-11-26(19(28)29)10-15(16)17(24-18)25-6-7-27(14(8-22)9-25)20(30)31-12-13-4-2-1-3-5-13/h1-5,14H,6-7,9-12H2,(H,28,29). The second kappa shape index (κ2) is 8.65. The number of fused-ring (bicyclic) bond motifs is 1. The van der Waals surface area contributed by atoms with Crippen molar-refractivity contribution in [3.05, 3.63) is 52.4 Å². The van der Waals surface area contributed by atoms with Gasteiger partial charge in [-0.05, 0) is 17.2 Å². The SMILES string of the molecule is N#CC1CN(c2nc(Cl)nc3c2CN(C(=O)O)C3)CCN1C(=O)OCc1ccccc1. The third kappa shape index (κ3) is 4.32. The molecule has 1 atom stereocenters. The van der Waals surface area contributed by atoms with Crippen molar-refractivity contribution >= 4 is 29.6 Å². The predicted molar refractivity (Wildman–Crippen MR) is 109 cm³/mol. The number of hydrogen-bond acceptors (Lipinski definition) is 7. The molecule has 1 unspecified atom stereocenters. The van der Waals surface area contributed by atoms with Crippen molar-refractivity contribution in [2.24, 2.45) is 0 Å². The first-order valence-electron chi connectivity index (χ1n) is 9.61. The number of carboxylic acid groups (broad SMARTS) is 1. The lowest BCUT2D eigenvalue weighted by atomic mass is 10.1. The molecule has 160 valence electrons. The van der Waals surface area contributed by atoms with E-state index in [1.54, 1.807) is 0 Å². The van der Waals surface area contributed by atoms with Crippen LogP contribution in [0.3, 0.4) is 0 Å². The molecule has 0 spiro atoms. The minimum Gasteiger partial charge on any atom is -0.465 e. The van der Waals surface area contributed by atoms with Crippen LogP contribution in [-0.4, -0.2) is 62.7 Å². The second-order valence-corrected chi connectivity index (χ2v) is 7.54. The number of hydrogen-bond donors (Lipinski definition) is 1. The number of nitriles is 1. The fourth-order valence-corrected chi connectivity index (χ4v) is 3.89. The molecule has 0 saturated carbocycles. The van der Waals surface area contributed by atoms with Gasteiger partial charge in [0.1, 0.15) is 18.5 Å². The average molecular weight is 443 g/mol. The van der Waals surface area contributed by atoms with Crippen LogP contribution in [0, 0.1) is 11.3 Å². The summed E-state index contributed by atoms with van der Waals surface area (Å²) in [7, 11) is 0. The highest BCUT2D eigenvalue weighted by Crippen LogP contribution is 2.31. The normalized spacial score (nSPS) is 17.8. The predicted octanol–water partition coefficient (Wildman–Crippen LogP) is 2.47. The van der Waals surface area contributed by atoms with Crippen molar-refractivity contribution in [1.82, 2.24) is 19.8 Å². The quantitative estimate of drug-likeness (QED) is 0.719. The number of carbonyl (C=O) groups is 2. The monoisotopic (exact) mass is 442 g/mol. The minimum atomic E-state index is -1.05. The van der Waals surface area contributed by atoms with E-state index in [4.69, 9.17) is 16.3 Å². The van der Waals surface area contributed by atoms with E-state index >= 15 is 0 Å². The zero-order chi connectivity index (χ0) is 22.0. The molecule has 3 heterocycles. The number of anilines is 1. The zero-order valence-corrected chi connectivity index (χ0v) is 17.2. The maximum absolute atomic E-state index is 12.6. The Morgan fingerprint density at radius 3 is 2.71 bits per heavy atom. The van der Waals surface area contributed by atoms with Gasteiger partial charge in [-0.3, -0.25) is 9.80 Å². The molecule has 1 N–H and O–H groups in total. The van der Waals surface area contributed by atoms with E-state index in [0.29, 0.717) is 23.6 Å². The van der Waals surface area contributed by atoms with Gasteiger partial charge in [0, 0.05) is 18.7 Å². The van der Waals surface area contributed by atoms with Crippen molar-refractivity contribution in [3.8, 4) is 6.07 Å². The number of amides is 2. The van der Waals surface area contributed by atoms with E-state index < -0.39 is 18.2 Å². The number of aromatic nitrogens is 2. The van der Waals surface area contributed by atoms with Gasteiger partial charge in [0.15, 0.2) is 0 Å². The Balaban J connectivity index is 1.47. The van der Waals surface area contributed by atoms with Gasteiger partial charge in [-0.15, -0.1) is 0 Å². The van der Waals surface area contributed by atoms with Gasteiger partial charge in [0.25, 0.3) is 0 Å². The van der Waals surface area contributed by atoms with E-state index in [2.05, 4.69) is 16.0 Å². The summed E-state index contributed by atoms with van der Waals surface area (Å²) in [5, 5.41) is 19.0. The van der Waals surface area contributed by atoms with Crippen LogP contribution in [0.5, 0.6) is 0 Å². The van der Waals surface area contributed by atoms with E-state index in [0.717, 1.165) is 5.56 Å². The third-order valence-corrected chi connectivity index (χ3v) is 5.44. The van der Waals surface area contributed by atoms with Crippen molar-refractivity contribution in [3.63, 3.8) is 0 Å². The van der Waals surface area contributed by atoms with Gasteiger partial charge in [0.05, 0.1) is 31.4 Å². The van der Waals surface area contributed by atoms with Crippen molar-refractivity contribution in [2.75, 3.05) is 24.5 Å². The summed E-state index contributed by atoms with van der Waals surface area (Å²) in [6.07, 6.45) is -1.61. The molecular weight excluding hydrogens is 424 g/mol. The zero-order valence-electron chi connectivity index (χ0n) is 16.4. The van der Waals surface area contributed by atoms with Crippen molar-refractivity contribution in [2.45, 2.75) is 25.7 Å². The van der Waals surface area contributed by atoms with Gasteiger partial charge in [-0.25, -0.2) is 19.6 Å². The van der Waals surface area contributed by atoms with Gasteiger partial charge in [0.2, 0.25) is 5.28 Å². The number of rotatable bonds is 3. The summed E-state index contributed by atoms with van der Waals surface area (Å²) in [5.41, 5.74) is 2.08. The Labute approximate surface area is 183 Å². The topological polar surface area (TPSA) is 123 Å². The van der Waals surface area contributed by atoms with Crippen LogP contribution in [-0.2, 0) is 24.4 Å². The van der Waals surface area contributed by atoms with E-state index in [9.17, 15) is 20.0 Å². The van der Waals surface area contributed by atoms with Crippen LogP contribution < -0.4 is 4.90 Å². The van der Waals surface area contributed by atoms with E-state index in [1.165, 1.54) is 9.80 Å². The van der Waals surface area contributed by atoms with E-state index in [1.807, 2.05) is 35.2 Å². The number of piperazine rings is 1. The first kappa shape index (κ1) is 20.7. The maximum atomic E-state index is 12.6. The van der Waals surface area contributed by atoms with Crippen molar-refractivity contribution in [1.29, 1.82) is 5.26 Å². The fourth-order valence-electron chi connectivity index (χ4n) is 3.71. The molecule has 4 rings (SSSR count). The van der Waals surface area contributed by atoms with Crippen LogP contribution in [0.15, 0.2) is 30.3 Å². The highest BCUT2D eigenvalue weighted by Gasteiger charge is 2.36. The smallest absolute Gasteiger partial charge is 0.411 e. The van der Waals surface area contributed by atoms with Crippen LogP contribution >= 0.6 is 11.6 Å². The summed E-state index contributed by atoms with van der Waals surface area (Å²) in [4.78, 5) is 36.8. The molecule has 1 aromatic heterocycles. The summed E-state index contributed by atoms with van der Waals surface area (Å²) in [5.74, 6) is 0.497. The Morgan fingerprint density at radius 1 is 1.23 bits per heavy atom. The molecule has 1 fully saturated rings. The van der Waals surface area contributed by atoms with E-state index in [-0.39, 0.29) is 38.1 Å². The molecule has 0 aliphatic carbocycles. The lowest BCUT2D eigenvalue weighted by molar-refractivity contribution is 0.0850. The molecule has 0 bridgehead atoms. The molecule has 11 heteroatoms. The molecule has 0 radical (unpaired) electrons. The van der Waals surface area contributed by atoms with Gasteiger partial charge in [-0.2, -0.15) is 5.26 Å². The Hall–Kier alpha value is -3.58. The van der Waals surface area contributed by atoms with Gasteiger partial charge < -0.3 is 14.7 Å². The van der Waals surface area contributed by atoms with Crippen LogP contribution in [0.25, 0.3) is 0 Å². The summed E-state index contributed by atoms with van der Waals surface area (Å²) >= 11 is 6.06. The van der Waals surface area contributed by atoms with Crippen molar-refractivity contribution < 1.29 is 19.4 Å². The second-order valence-electron chi connectivity index (χ2n) is 7.20. The minimum absolute atomic E-state index is 0.0131. The molecular formula is C20H19ClN6O4. The average Bonchev–Trinajstić information content (AvgIpc) is 3.21. The lowest BCUT2D eigenvalue weighted by Gasteiger charge is -2.38. The highest BCUT2D eigenvalue weighted by molar-refractivity contribution is 6.28. The number of nitrogens with zero attached hydrogens (tertiary/aromatic N) is 6. The highest BCUT2D eigenvalue weighted by atomic mass is 35.5. The molecule has 2 aliphatic rings. The third-order valence-electron chi connectivity index (χ3n) is 5.27. The summed E-state index contributed by atoms with van der Waals surface area (Å²) in [6, 6.07) is 10.7. The molecule has 1 aromatic carbocycles.